The summed E-state index contributed by atoms with van der Waals surface area (Å²) >= 11 is 0. The molecule has 1 aromatic carbocycles. The van der Waals surface area contributed by atoms with Crippen LogP contribution in [-0.2, 0) is 15.0 Å². The number of nitro groups is 1. The molecule has 0 radical (unpaired) electrons. The van der Waals surface area contributed by atoms with E-state index < -0.39 is 39.2 Å². The van der Waals surface area contributed by atoms with Gasteiger partial charge in [-0.3, -0.25) is 19.7 Å². The van der Waals surface area contributed by atoms with Crippen molar-refractivity contribution in [3.63, 3.8) is 0 Å². The lowest BCUT2D eigenvalue weighted by Gasteiger charge is -2.41. The number of carbonyl (C=O) groups is 2. The van der Waals surface area contributed by atoms with Crippen molar-refractivity contribution in [3.8, 4) is 0 Å². The van der Waals surface area contributed by atoms with E-state index in [-0.39, 0.29) is 18.4 Å². The standard InChI is InChI=1S/C15H16FNO6/c1-14(12(18)19)5-2-6-15(8-14,13(20)21)10-4-3-9(17(22)23)7-11(10)16/h3-4,7H,2,5-6,8H2,1H3,(H,18,19)(H,20,21). The highest BCUT2D eigenvalue weighted by molar-refractivity contribution is 5.84. The normalized spacial score (nSPS) is 27.4. The number of carboxylic acids is 2. The Labute approximate surface area is 130 Å². The molecule has 2 atom stereocenters. The summed E-state index contributed by atoms with van der Waals surface area (Å²) in [6.07, 6.45) is 0.427. The molecule has 8 heteroatoms. The van der Waals surface area contributed by atoms with Crippen LogP contribution in [0.15, 0.2) is 18.2 Å². The maximum Gasteiger partial charge on any atom is 0.314 e. The lowest BCUT2D eigenvalue weighted by molar-refractivity contribution is -0.385. The Balaban J connectivity index is 2.56. The summed E-state index contributed by atoms with van der Waals surface area (Å²) in [4.78, 5) is 33.3. The Morgan fingerprint density at radius 3 is 2.39 bits per heavy atom. The van der Waals surface area contributed by atoms with Crippen LogP contribution in [0, 0.1) is 21.3 Å². The first-order chi connectivity index (χ1) is 10.6. The molecule has 0 aliphatic heterocycles. The number of hydrogen-bond acceptors (Lipinski definition) is 4. The van der Waals surface area contributed by atoms with E-state index in [1.54, 1.807) is 0 Å². The first-order valence-electron chi connectivity index (χ1n) is 7.04. The molecule has 0 saturated heterocycles. The van der Waals surface area contributed by atoms with E-state index >= 15 is 0 Å². The Morgan fingerprint density at radius 2 is 1.91 bits per heavy atom. The van der Waals surface area contributed by atoms with Gasteiger partial charge in [-0.1, -0.05) is 6.42 Å². The molecule has 7 nitrogen and oxygen atoms in total. The minimum absolute atomic E-state index is 0.0833. The quantitative estimate of drug-likeness (QED) is 0.649. The monoisotopic (exact) mass is 325 g/mol. The van der Waals surface area contributed by atoms with Crippen molar-refractivity contribution < 1.29 is 29.1 Å². The van der Waals surface area contributed by atoms with Gasteiger partial charge in [0, 0.05) is 11.6 Å². The molecule has 2 N–H and O–H groups in total. The van der Waals surface area contributed by atoms with Crippen LogP contribution in [0.25, 0.3) is 0 Å². The summed E-state index contributed by atoms with van der Waals surface area (Å²) in [7, 11) is 0. The number of benzene rings is 1. The molecule has 1 saturated carbocycles. The Morgan fingerprint density at radius 1 is 1.26 bits per heavy atom. The van der Waals surface area contributed by atoms with Crippen LogP contribution in [0.3, 0.4) is 0 Å². The maximum atomic E-state index is 14.3. The van der Waals surface area contributed by atoms with Gasteiger partial charge in [0.2, 0.25) is 0 Å². The number of rotatable bonds is 4. The number of non-ortho nitro benzene ring substituents is 1. The zero-order valence-electron chi connectivity index (χ0n) is 12.4. The first kappa shape index (κ1) is 16.9. The van der Waals surface area contributed by atoms with Gasteiger partial charge in [-0.25, -0.2) is 4.39 Å². The van der Waals surface area contributed by atoms with E-state index in [0.29, 0.717) is 18.9 Å². The number of aliphatic carboxylic acids is 2. The summed E-state index contributed by atoms with van der Waals surface area (Å²) in [5, 5.41) is 29.7. The molecule has 2 rings (SSSR count). The van der Waals surface area contributed by atoms with Crippen LogP contribution in [0.4, 0.5) is 10.1 Å². The summed E-state index contributed by atoms with van der Waals surface area (Å²) in [6.45, 7) is 1.44. The molecular formula is C15H16FNO6. The predicted molar refractivity (Wildman–Crippen MR) is 76.6 cm³/mol. The first-order valence-corrected chi connectivity index (χ1v) is 7.04. The minimum Gasteiger partial charge on any atom is -0.481 e. The van der Waals surface area contributed by atoms with E-state index in [9.17, 15) is 34.3 Å². The third kappa shape index (κ3) is 2.76. The predicted octanol–water partition coefficient (Wildman–Crippen LogP) is 2.72. The molecule has 23 heavy (non-hydrogen) atoms. The molecule has 1 aliphatic carbocycles. The summed E-state index contributed by atoms with van der Waals surface area (Å²) in [5.74, 6) is -3.46. The second-order valence-corrected chi connectivity index (χ2v) is 6.20. The topological polar surface area (TPSA) is 118 Å². The number of nitro benzene ring substituents is 1. The summed E-state index contributed by atoms with van der Waals surface area (Å²) < 4.78 is 14.3. The molecule has 0 bridgehead atoms. The highest BCUT2D eigenvalue weighted by atomic mass is 19.1. The van der Waals surface area contributed by atoms with Crippen LogP contribution in [-0.4, -0.2) is 27.1 Å². The van der Waals surface area contributed by atoms with E-state index in [1.165, 1.54) is 6.92 Å². The van der Waals surface area contributed by atoms with Crippen molar-refractivity contribution >= 4 is 17.6 Å². The van der Waals surface area contributed by atoms with Gasteiger partial charge in [-0.15, -0.1) is 0 Å². The fourth-order valence-corrected chi connectivity index (χ4v) is 3.34. The van der Waals surface area contributed by atoms with Gasteiger partial charge in [0.25, 0.3) is 5.69 Å². The largest absolute Gasteiger partial charge is 0.481 e. The van der Waals surface area contributed by atoms with Gasteiger partial charge in [0.15, 0.2) is 0 Å². The molecule has 1 aromatic rings. The molecule has 1 aliphatic rings. The van der Waals surface area contributed by atoms with Crippen LogP contribution in [0.2, 0.25) is 0 Å². The highest BCUT2D eigenvalue weighted by Crippen LogP contribution is 2.49. The maximum absolute atomic E-state index is 14.3. The fourth-order valence-electron chi connectivity index (χ4n) is 3.34. The average Bonchev–Trinajstić information content (AvgIpc) is 2.46. The van der Waals surface area contributed by atoms with E-state index in [0.717, 1.165) is 12.1 Å². The second kappa shape index (κ2) is 5.60. The van der Waals surface area contributed by atoms with Crippen LogP contribution in [0.5, 0.6) is 0 Å². The van der Waals surface area contributed by atoms with Crippen molar-refractivity contribution in [3.05, 3.63) is 39.7 Å². The van der Waals surface area contributed by atoms with Crippen molar-refractivity contribution in [2.45, 2.75) is 38.0 Å². The van der Waals surface area contributed by atoms with E-state index in [4.69, 9.17) is 0 Å². The van der Waals surface area contributed by atoms with Gasteiger partial charge >= 0.3 is 11.9 Å². The molecule has 0 aromatic heterocycles. The third-order valence-corrected chi connectivity index (χ3v) is 4.63. The minimum atomic E-state index is -1.70. The van der Waals surface area contributed by atoms with E-state index in [2.05, 4.69) is 0 Å². The van der Waals surface area contributed by atoms with Crippen molar-refractivity contribution in [2.24, 2.45) is 5.41 Å². The Hall–Kier alpha value is -2.51. The summed E-state index contributed by atoms with van der Waals surface area (Å²) in [6, 6.07) is 2.79. The average molecular weight is 325 g/mol. The second-order valence-electron chi connectivity index (χ2n) is 6.20. The SMILES string of the molecule is CC1(C(=O)O)CCCC(C(=O)O)(c2ccc([N+](=O)[O-])cc2F)C1. The molecule has 0 spiro atoms. The highest BCUT2D eigenvalue weighted by Gasteiger charge is 2.52. The fraction of sp³-hybridized carbons (Fsp3) is 0.467. The van der Waals surface area contributed by atoms with Crippen molar-refractivity contribution in [1.82, 2.24) is 0 Å². The van der Waals surface area contributed by atoms with Crippen molar-refractivity contribution in [2.75, 3.05) is 0 Å². The number of carboxylic acid groups (broad SMARTS) is 2. The zero-order chi connectivity index (χ0) is 17.4. The smallest absolute Gasteiger partial charge is 0.314 e. The van der Waals surface area contributed by atoms with Gasteiger partial charge in [-0.05, 0) is 32.3 Å². The molecule has 124 valence electrons. The van der Waals surface area contributed by atoms with E-state index in [1.807, 2.05) is 0 Å². The van der Waals surface area contributed by atoms with Gasteiger partial charge in [-0.2, -0.15) is 0 Å². The van der Waals surface area contributed by atoms with Gasteiger partial charge in [0.05, 0.1) is 21.8 Å². The molecule has 1 fully saturated rings. The zero-order valence-corrected chi connectivity index (χ0v) is 12.4. The molecule has 0 amide bonds. The van der Waals surface area contributed by atoms with Crippen LogP contribution >= 0.6 is 0 Å². The van der Waals surface area contributed by atoms with Crippen LogP contribution < -0.4 is 0 Å². The van der Waals surface area contributed by atoms with Crippen molar-refractivity contribution in [1.29, 1.82) is 0 Å². The lowest BCUT2D eigenvalue weighted by Crippen LogP contribution is -2.47. The lowest BCUT2D eigenvalue weighted by atomic mass is 9.60. The number of hydrogen-bond donors (Lipinski definition) is 2. The summed E-state index contributed by atoms with van der Waals surface area (Å²) in [5.41, 5.74) is -3.68. The molecular weight excluding hydrogens is 309 g/mol. The number of halogens is 1. The molecule has 0 heterocycles. The third-order valence-electron chi connectivity index (χ3n) is 4.63. The Bertz CT molecular complexity index is 691. The van der Waals surface area contributed by atoms with Gasteiger partial charge in [0.1, 0.15) is 5.82 Å². The molecule has 2 unspecified atom stereocenters. The van der Waals surface area contributed by atoms with Gasteiger partial charge < -0.3 is 10.2 Å². The number of nitrogens with zero attached hydrogens (tertiary/aromatic N) is 1. The van der Waals surface area contributed by atoms with Crippen LogP contribution in [0.1, 0.15) is 38.2 Å². The Kier molecular flexibility index (Phi) is 4.10.